The molecule has 108 valence electrons. The van der Waals surface area contributed by atoms with Crippen molar-refractivity contribution in [2.75, 3.05) is 0 Å². The third kappa shape index (κ3) is 2.51. The lowest BCUT2D eigenvalue weighted by molar-refractivity contribution is 0.107. The molecule has 4 unspecified atom stereocenters. The van der Waals surface area contributed by atoms with Crippen LogP contribution in [0.1, 0.15) is 48.9 Å². The Hall–Kier alpha value is -1.60. The molecule has 4 rings (SSSR count). The largest absolute Gasteiger partial charge is 0.303 e. The highest BCUT2D eigenvalue weighted by atomic mass is 15.0. The first kappa shape index (κ1) is 13.1. The van der Waals surface area contributed by atoms with Gasteiger partial charge in [0.2, 0.25) is 0 Å². The predicted molar refractivity (Wildman–Crippen MR) is 86.9 cm³/mol. The summed E-state index contributed by atoms with van der Waals surface area (Å²) in [6.45, 7) is 0. The van der Waals surface area contributed by atoms with Gasteiger partial charge in [0.05, 0.1) is 0 Å². The Morgan fingerprint density at radius 3 is 1.62 bits per heavy atom. The van der Waals surface area contributed by atoms with E-state index in [1.54, 1.807) is 0 Å². The summed E-state index contributed by atoms with van der Waals surface area (Å²) < 4.78 is 0. The standard InChI is InChI=1S/C20H23N/c1-3-8-15(9-4-1)19-17-12-7-13-18(14-17)20(21-19)16-10-5-2-6-11-16/h1-6,8-11,17-21H,7,12-14H2. The Morgan fingerprint density at radius 1 is 0.667 bits per heavy atom. The van der Waals surface area contributed by atoms with E-state index in [1.807, 2.05) is 0 Å². The van der Waals surface area contributed by atoms with Crippen LogP contribution >= 0.6 is 0 Å². The highest BCUT2D eigenvalue weighted by molar-refractivity contribution is 5.26. The van der Waals surface area contributed by atoms with Crippen molar-refractivity contribution in [2.24, 2.45) is 11.8 Å². The van der Waals surface area contributed by atoms with Crippen molar-refractivity contribution in [3.8, 4) is 0 Å². The lowest BCUT2D eigenvalue weighted by atomic mass is 9.68. The summed E-state index contributed by atoms with van der Waals surface area (Å²) in [5.74, 6) is 1.62. The zero-order valence-corrected chi connectivity index (χ0v) is 12.4. The molecule has 2 aromatic rings. The monoisotopic (exact) mass is 277 g/mol. The van der Waals surface area contributed by atoms with Gasteiger partial charge in [-0.25, -0.2) is 0 Å². The zero-order valence-electron chi connectivity index (χ0n) is 12.4. The molecule has 0 amide bonds. The van der Waals surface area contributed by atoms with Crippen molar-refractivity contribution in [3.63, 3.8) is 0 Å². The van der Waals surface area contributed by atoms with Crippen molar-refractivity contribution >= 4 is 0 Å². The first-order valence-electron chi connectivity index (χ1n) is 8.28. The van der Waals surface area contributed by atoms with E-state index in [9.17, 15) is 0 Å². The van der Waals surface area contributed by atoms with Gasteiger partial charge < -0.3 is 5.32 Å². The quantitative estimate of drug-likeness (QED) is 0.825. The molecule has 1 heteroatoms. The number of hydrogen-bond acceptors (Lipinski definition) is 1. The highest BCUT2D eigenvalue weighted by Gasteiger charge is 2.39. The molecular formula is C20H23N. The lowest BCUT2D eigenvalue weighted by Crippen LogP contribution is -2.44. The van der Waals surface area contributed by atoms with E-state index in [2.05, 4.69) is 66.0 Å². The van der Waals surface area contributed by atoms with Gasteiger partial charge in [-0.3, -0.25) is 0 Å². The number of nitrogens with one attached hydrogen (secondary N) is 1. The van der Waals surface area contributed by atoms with Gasteiger partial charge in [0, 0.05) is 12.1 Å². The molecule has 0 aromatic heterocycles. The van der Waals surface area contributed by atoms with Gasteiger partial charge in [-0.05, 0) is 42.2 Å². The van der Waals surface area contributed by atoms with Crippen LogP contribution in [0.15, 0.2) is 60.7 Å². The van der Waals surface area contributed by atoms with E-state index < -0.39 is 0 Å². The summed E-state index contributed by atoms with van der Waals surface area (Å²) in [5.41, 5.74) is 2.92. The van der Waals surface area contributed by atoms with Gasteiger partial charge in [0.1, 0.15) is 0 Å². The number of rotatable bonds is 2. The second-order valence-corrected chi connectivity index (χ2v) is 6.63. The van der Waals surface area contributed by atoms with Crippen molar-refractivity contribution in [3.05, 3.63) is 71.8 Å². The molecule has 2 fully saturated rings. The maximum absolute atomic E-state index is 3.99. The average Bonchev–Trinajstić information content (AvgIpc) is 2.57. The fraction of sp³-hybridized carbons (Fsp3) is 0.400. The second kappa shape index (κ2) is 5.65. The molecule has 21 heavy (non-hydrogen) atoms. The van der Waals surface area contributed by atoms with Gasteiger partial charge in [0.25, 0.3) is 0 Å². The summed E-state index contributed by atoms with van der Waals surface area (Å²) in [4.78, 5) is 0. The molecule has 1 heterocycles. The third-order valence-electron chi connectivity index (χ3n) is 5.37. The highest BCUT2D eigenvalue weighted by Crippen LogP contribution is 2.47. The third-order valence-corrected chi connectivity index (χ3v) is 5.37. The molecule has 2 bridgehead atoms. The van der Waals surface area contributed by atoms with Crippen LogP contribution in [0.4, 0.5) is 0 Å². The van der Waals surface area contributed by atoms with Crippen LogP contribution in [0, 0.1) is 11.8 Å². The molecule has 0 radical (unpaired) electrons. The molecule has 0 spiro atoms. The zero-order chi connectivity index (χ0) is 14.1. The van der Waals surface area contributed by atoms with Crippen LogP contribution in [0.2, 0.25) is 0 Å². The maximum atomic E-state index is 3.99. The molecule has 1 aliphatic carbocycles. The van der Waals surface area contributed by atoms with Crippen LogP contribution in [-0.2, 0) is 0 Å². The van der Waals surface area contributed by atoms with Crippen molar-refractivity contribution < 1.29 is 0 Å². The van der Waals surface area contributed by atoms with E-state index in [0.29, 0.717) is 12.1 Å². The van der Waals surface area contributed by atoms with E-state index >= 15 is 0 Å². The SMILES string of the molecule is c1ccc(C2NC(c3ccccc3)C3CCCC2C3)cc1. The van der Waals surface area contributed by atoms with Crippen molar-refractivity contribution in [2.45, 2.75) is 37.8 Å². The summed E-state index contributed by atoms with van der Waals surface area (Å²) in [7, 11) is 0. The molecule has 1 saturated heterocycles. The van der Waals surface area contributed by atoms with Crippen LogP contribution < -0.4 is 5.32 Å². The number of benzene rings is 2. The molecule has 2 aromatic carbocycles. The normalized spacial score (nSPS) is 31.8. The van der Waals surface area contributed by atoms with Gasteiger partial charge >= 0.3 is 0 Å². The summed E-state index contributed by atoms with van der Waals surface area (Å²) >= 11 is 0. The molecule has 1 nitrogen and oxygen atoms in total. The Labute approximate surface area is 127 Å². The Kier molecular flexibility index (Phi) is 3.52. The second-order valence-electron chi connectivity index (χ2n) is 6.63. The maximum Gasteiger partial charge on any atom is 0.0354 e. The van der Waals surface area contributed by atoms with Crippen molar-refractivity contribution in [1.82, 2.24) is 5.32 Å². The van der Waals surface area contributed by atoms with Crippen molar-refractivity contribution in [1.29, 1.82) is 0 Å². The first-order chi connectivity index (χ1) is 10.4. The van der Waals surface area contributed by atoms with Crippen LogP contribution in [0.5, 0.6) is 0 Å². The minimum atomic E-state index is 0.521. The van der Waals surface area contributed by atoms with Gasteiger partial charge in [0.15, 0.2) is 0 Å². The summed E-state index contributed by atoms with van der Waals surface area (Å²) in [5, 5.41) is 3.99. The van der Waals surface area contributed by atoms with Crippen LogP contribution in [0.25, 0.3) is 0 Å². The van der Waals surface area contributed by atoms with Crippen LogP contribution in [-0.4, -0.2) is 0 Å². The van der Waals surface area contributed by atoms with E-state index in [-0.39, 0.29) is 0 Å². The number of fused-ring (bicyclic) bond motifs is 2. The number of piperidine rings is 1. The summed E-state index contributed by atoms with van der Waals surface area (Å²) in [6.07, 6.45) is 5.53. The lowest BCUT2D eigenvalue weighted by Gasteiger charge is -2.46. The smallest absolute Gasteiger partial charge is 0.0354 e. The fourth-order valence-corrected chi connectivity index (χ4v) is 4.40. The van der Waals surface area contributed by atoms with E-state index in [0.717, 1.165) is 11.8 Å². The van der Waals surface area contributed by atoms with Crippen LogP contribution in [0.3, 0.4) is 0 Å². The molecule has 1 saturated carbocycles. The van der Waals surface area contributed by atoms with E-state index in [4.69, 9.17) is 0 Å². The first-order valence-corrected chi connectivity index (χ1v) is 8.28. The molecule has 4 atom stereocenters. The molecule has 1 aliphatic heterocycles. The molecular weight excluding hydrogens is 254 g/mol. The Morgan fingerprint density at radius 2 is 1.14 bits per heavy atom. The average molecular weight is 277 g/mol. The molecule has 2 aliphatic rings. The molecule has 1 N–H and O–H groups in total. The van der Waals surface area contributed by atoms with Gasteiger partial charge in [-0.2, -0.15) is 0 Å². The fourth-order valence-electron chi connectivity index (χ4n) is 4.40. The van der Waals surface area contributed by atoms with E-state index in [1.165, 1.54) is 36.8 Å². The predicted octanol–water partition coefficient (Wildman–Crippen LogP) is 4.88. The minimum absolute atomic E-state index is 0.521. The Bertz CT molecular complexity index is 526. The Balaban J connectivity index is 1.66. The van der Waals surface area contributed by atoms with Gasteiger partial charge in [-0.1, -0.05) is 67.1 Å². The van der Waals surface area contributed by atoms with Gasteiger partial charge in [-0.15, -0.1) is 0 Å². The minimum Gasteiger partial charge on any atom is -0.303 e. The topological polar surface area (TPSA) is 12.0 Å². The number of hydrogen-bond donors (Lipinski definition) is 1. The summed E-state index contributed by atoms with van der Waals surface area (Å²) in [6, 6.07) is 23.1.